The molecule has 1 N–H and O–H groups in total. The summed E-state index contributed by atoms with van der Waals surface area (Å²) in [5.74, 6) is 0.985. The molecule has 0 spiro atoms. The average molecular weight is 258 g/mol. The van der Waals surface area contributed by atoms with Crippen molar-refractivity contribution in [2.24, 2.45) is 7.05 Å². The molecule has 2 aromatic rings. The number of nitrogens with zero attached hydrogens (tertiary/aromatic N) is 3. The van der Waals surface area contributed by atoms with Crippen molar-refractivity contribution in [2.45, 2.75) is 19.8 Å². The van der Waals surface area contributed by atoms with E-state index in [0.717, 1.165) is 47.7 Å². The number of hydrogen-bond acceptors (Lipinski definition) is 3. The number of fused-ring (bicyclic) bond motifs is 1. The number of hydrogen-bond donors (Lipinski definition) is 1. The Hall–Kier alpha value is -2.04. The minimum atomic E-state index is 0.733. The van der Waals surface area contributed by atoms with Crippen molar-refractivity contribution in [1.29, 1.82) is 0 Å². The zero-order valence-corrected chi connectivity index (χ0v) is 11.3. The molecule has 1 amide bonds. The van der Waals surface area contributed by atoms with E-state index < -0.39 is 0 Å². The molecule has 1 aliphatic rings. The Kier molecular flexibility index (Phi) is 2.89. The van der Waals surface area contributed by atoms with Gasteiger partial charge in [0.15, 0.2) is 0 Å². The fraction of sp³-hybridized carbons (Fsp3) is 0.429. The maximum atomic E-state index is 10.8. The third-order valence-electron chi connectivity index (χ3n) is 3.89. The molecule has 2 heterocycles. The highest BCUT2D eigenvalue weighted by molar-refractivity contribution is 5.99. The predicted octanol–water partition coefficient (Wildman–Crippen LogP) is 2.05. The summed E-state index contributed by atoms with van der Waals surface area (Å²) in [5, 5.41) is 2.80. The standard InChI is InChI=1S/C14H18N4O/c1-10-16-13-12(17(10)2)6-5-11(15-9-19)14(13)18-7-3-4-8-18/h5-6,9H,3-4,7-8H2,1-2H3,(H,15,19). The lowest BCUT2D eigenvalue weighted by Crippen LogP contribution is -2.19. The van der Waals surface area contributed by atoms with Crippen LogP contribution in [0.4, 0.5) is 11.4 Å². The SMILES string of the molecule is Cc1nc2c(N3CCCC3)c(NC=O)ccc2n1C. The van der Waals surface area contributed by atoms with E-state index in [1.165, 1.54) is 12.8 Å². The molecular weight excluding hydrogens is 240 g/mol. The molecule has 19 heavy (non-hydrogen) atoms. The third kappa shape index (κ3) is 1.85. The predicted molar refractivity (Wildman–Crippen MR) is 76.6 cm³/mol. The van der Waals surface area contributed by atoms with Crippen molar-refractivity contribution in [1.82, 2.24) is 9.55 Å². The summed E-state index contributed by atoms with van der Waals surface area (Å²) in [7, 11) is 2.02. The van der Waals surface area contributed by atoms with Crippen LogP contribution in [-0.4, -0.2) is 29.1 Å². The first kappa shape index (κ1) is 12.0. The van der Waals surface area contributed by atoms with Crippen molar-refractivity contribution in [2.75, 3.05) is 23.3 Å². The van der Waals surface area contributed by atoms with Gasteiger partial charge in [-0.05, 0) is 31.9 Å². The Morgan fingerprint density at radius 3 is 2.74 bits per heavy atom. The number of benzene rings is 1. The number of amides is 1. The summed E-state index contributed by atoms with van der Waals surface area (Å²) in [6.07, 6.45) is 3.13. The topological polar surface area (TPSA) is 50.2 Å². The summed E-state index contributed by atoms with van der Waals surface area (Å²) in [6, 6.07) is 3.98. The first-order chi connectivity index (χ1) is 9.22. The molecule has 1 saturated heterocycles. The third-order valence-corrected chi connectivity index (χ3v) is 3.89. The van der Waals surface area contributed by atoms with E-state index in [-0.39, 0.29) is 0 Å². The van der Waals surface area contributed by atoms with Crippen LogP contribution in [0.2, 0.25) is 0 Å². The molecule has 0 bridgehead atoms. The molecule has 1 fully saturated rings. The van der Waals surface area contributed by atoms with E-state index in [1.807, 2.05) is 26.1 Å². The largest absolute Gasteiger partial charge is 0.368 e. The van der Waals surface area contributed by atoms with E-state index in [1.54, 1.807) is 0 Å². The second-order valence-electron chi connectivity index (χ2n) is 5.00. The lowest BCUT2D eigenvalue weighted by molar-refractivity contribution is -0.105. The van der Waals surface area contributed by atoms with Crippen LogP contribution >= 0.6 is 0 Å². The Balaban J connectivity index is 2.24. The normalized spacial score (nSPS) is 15.2. The molecule has 0 aliphatic carbocycles. The molecule has 0 atom stereocenters. The number of nitrogens with one attached hydrogen (secondary N) is 1. The van der Waals surface area contributed by atoms with Crippen molar-refractivity contribution in [3.8, 4) is 0 Å². The lowest BCUT2D eigenvalue weighted by atomic mass is 10.2. The van der Waals surface area contributed by atoms with Gasteiger partial charge in [0.1, 0.15) is 11.3 Å². The smallest absolute Gasteiger partial charge is 0.211 e. The number of carbonyl (C=O) groups is 1. The number of carbonyl (C=O) groups excluding carboxylic acids is 1. The summed E-state index contributed by atoms with van der Waals surface area (Å²) in [4.78, 5) is 17.8. The summed E-state index contributed by atoms with van der Waals surface area (Å²) >= 11 is 0. The van der Waals surface area contributed by atoms with Crippen LogP contribution in [0.25, 0.3) is 11.0 Å². The average Bonchev–Trinajstić information content (AvgIpc) is 3.00. The minimum absolute atomic E-state index is 0.733. The van der Waals surface area contributed by atoms with Crippen LogP contribution in [0.1, 0.15) is 18.7 Å². The van der Waals surface area contributed by atoms with Crippen molar-refractivity contribution >= 4 is 28.8 Å². The molecule has 100 valence electrons. The first-order valence-electron chi connectivity index (χ1n) is 6.63. The van der Waals surface area contributed by atoms with Crippen LogP contribution < -0.4 is 10.2 Å². The van der Waals surface area contributed by atoms with Crippen molar-refractivity contribution in [3.63, 3.8) is 0 Å². The Morgan fingerprint density at radius 1 is 1.32 bits per heavy atom. The summed E-state index contributed by atoms with van der Waals surface area (Å²) in [5.41, 5.74) is 4.00. The van der Waals surface area contributed by atoms with Gasteiger partial charge in [0.05, 0.1) is 16.9 Å². The van der Waals surface area contributed by atoms with Crippen LogP contribution in [0.5, 0.6) is 0 Å². The highest BCUT2D eigenvalue weighted by Gasteiger charge is 2.21. The Morgan fingerprint density at radius 2 is 2.05 bits per heavy atom. The molecule has 0 unspecified atom stereocenters. The summed E-state index contributed by atoms with van der Waals surface area (Å²) in [6.45, 7) is 4.06. The van der Waals surface area contributed by atoms with Gasteiger partial charge >= 0.3 is 0 Å². The molecule has 0 radical (unpaired) electrons. The van der Waals surface area contributed by atoms with Gasteiger partial charge in [-0.25, -0.2) is 4.98 Å². The summed E-state index contributed by atoms with van der Waals surface area (Å²) < 4.78 is 2.08. The highest BCUT2D eigenvalue weighted by atomic mass is 16.1. The monoisotopic (exact) mass is 258 g/mol. The van der Waals surface area contributed by atoms with Gasteiger partial charge in [0.25, 0.3) is 0 Å². The maximum Gasteiger partial charge on any atom is 0.211 e. The quantitative estimate of drug-likeness (QED) is 0.857. The number of anilines is 2. The molecule has 0 saturated carbocycles. The van der Waals surface area contributed by atoms with Gasteiger partial charge in [-0.15, -0.1) is 0 Å². The fourth-order valence-corrected chi connectivity index (χ4v) is 2.80. The molecule has 3 rings (SSSR count). The fourth-order valence-electron chi connectivity index (χ4n) is 2.80. The molecule has 1 aromatic heterocycles. The molecule has 5 nitrogen and oxygen atoms in total. The Bertz CT molecular complexity index is 626. The second kappa shape index (κ2) is 4.57. The van der Waals surface area contributed by atoms with Crippen LogP contribution in [0.15, 0.2) is 12.1 Å². The molecule has 5 heteroatoms. The van der Waals surface area contributed by atoms with E-state index in [0.29, 0.717) is 0 Å². The van der Waals surface area contributed by atoms with Crippen LogP contribution in [-0.2, 0) is 11.8 Å². The van der Waals surface area contributed by atoms with Crippen LogP contribution in [0.3, 0.4) is 0 Å². The zero-order chi connectivity index (χ0) is 13.4. The van der Waals surface area contributed by atoms with Gasteiger partial charge in [0.2, 0.25) is 6.41 Å². The van der Waals surface area contributed by atoms with E-state index in [2.05, 4.69) is 19.8 Å². The van der Waals surface area contributed by atoms with Gasteiger partial charge in [0, 0.05) is 20.1 Å². The Labute approximate surface area is 112 Å². The molecular formula is C14H18N4O. The van der Waals surface area contributed by atoms with Gasteiger partial charge in [-0.2, -0.15) is 0 Å². The first-order valence-corrected chi connectivity index (χ1v) is 6.63. The number of aryl methyl sites for hydroxylation is 2. The van der Waals surface area contributed by atoms with Crippen molar-refractivity contribution < 1.29 is 4.79 Å². The van der Waals surface area contributed by atoms with Crippen molar-refractivity contribution in [3.05, 3.63) is 18.0 Å². The van der Waals surface area contributed by atoms with Gasteiger partial charge < -0.3 is 14.8 Å². The number of imidazole rings is 1. The zero-order valence-electron chi connectivity index (χ0n) is 11.3. The van der Waals surface area contributed by atoms with E-state index >= 15 is 0 Å². The lowest BCUT2D eigenvalue weighted by Gasteiger charge is -2.21. The van der Waals surface area contributed by atoms with E-state index in [9.17, 15) is 4.79 Å². The van der Waals surface area contributed by atoms with Gasteiger partial charge in [-0.1, -0.05) is 0 Å². The number of rotatable bonds is 3. The molecule has 1 aromatic carbocycles. The van der Waals surface area contributed by atoms with Crippen LogP contribution in [0, 0.1) is 6.92 Å². The van der Waals surface area contributed by atoms with E-state index in [4.69, 9.17) is 0 Å². The number of aromatic nitrogens is 2. The minimum Gasteiger partial charge on any atom is -0.368 e. The second-order valence-corrected chi connectivity index (χ2v) is 5.00. The highest BCUT2D eigenvalue weighted by Crippen LogP contribution is 2.36. The maximum absolute atomic E-state index is 10.8. The molecule has 1 aliphatic heterocycles. The van der Waals surface area contributed by atoms with Gasteiger partial charge in [-0.3, -0.25) is 4.79 Å².